The average molecular weight is 391 g/mol. The molecular weight excluding hydrogens is 371 g/mol. The van der Waals surface area contributed by atoms with Crippen LogP contribution in [0.15, 0.2) is 53.9 Å². The monoisotopic (exact) mass is 390 g/mol. The minimum atomic E-state index is -3.46. The van der Waals surface area contributed by atoms with Crippen molar-refractivity contribution in [2.24, 2.45) is 0 Å². The largest absolute Gasteiger partial charge is 0.241 e. The minimum Gasteiger partial charge on any atom is -0.241 e. The fourth-order valence-electron chi connectivity index (χ4n) is 2.44. The highest BCUT2D eigenvalue weighted by Gasteiger charge is 2.12. The van der Waals surface area contributed by atoms with Gasteiger partial charge in [-0.15, -0.1) is 11.3 Å². The van der Waals surface area contributed by atoms with Crippen molar-refractivity contribution >= 4 is 21.4 Å². The maximum absolute atomic E-state index is 12.9. The van der Waals surface area contributed by atoms with Crippen molar-refractivity contribution in [2.45, 2.75) is 19.1 Å². The summed E-state index contributed by atoms with van der Waals surface area (Å²) >= 11 is 1.55. The average Bonchev–Trinajstić information content (AvgIpc) is 3.06. The van der Waals surface area contributed by atoms with E-state index in [1.165, 1.54) is 29.8 Å². The molecule has 2 aromatic carbocycles. The highest BCUT2D eigenvalue weighted by atomic mass is 32.2. The molecule has 3 rings (SSSR count). The molecule has 0 saturated heterocycles. The van der Waals surface area contributed by atoms with Gasteiger partial charge in [0.25, 0.3) is 0 Å². The zero-order chi connectivity index (χ0) is 18.6. The summed E-state index contributed by atoms with van der Waals surface area (Å²) in [6.07, 6.45) is 0.519. The number of hydrogen-bond acceptors (Lipinski definition) is 4. The van der Waals surface area contributed by atoms with Gasteiger partial charge >= 0.3 is 0 Å². The van der Waals surface area contributed by atoms with Gasteiger partial charge in [0.05, 0.1) is 11.4 Å². The number of hydrogen-bond donors (Lipinski definition) is 1. The topological polar surface area (TPSA) is 59.1 Å². The first kappa shape index (κ1) is 18.7. The molecule has 0 bridgehead atoms. The van der Waals surface area contributed by atoms with Crippen LogP contribution in [-0.2, 0) is 22.2 Å². The first-order valence-electron chi connectivity index (χ1n) is 8.14. The van der Waals surface area contributed by atoms with Crippen LogP contribution in [0.2, 0.25) is 0 Å². The number of thiazole rings is 1. The number of aromatic nitrogens is 1. The number of halogens is 1. The van der Waals surface area contributed by atoms with E-state index in [0.717, 1.165) is 16.3 Å². The summed E-state index contributed by atoms with van der Waals surface area (Å²) in [5.41, 5.74) is 3.66. The predicted octanol–water partition coefficient (Wildman–Crippen LogP) is 3.92. The van der Waals surface area contributed by atoms with E-state index >= 15 is 0 Å². The summed E-state index contributed by atoms with van der Waals surface area (Å²) in [5, 5.41) is 2.87. The van der Waals surface area contributed by atoms with Crippen LogP contribution in [0, 0.1) is 12.7 Å². The maximum atomic E-state index is 12.9. The fourth-order valence-corrected chi connectivity index (χ4v) is 4.44. The zero-order valence-electron chi connectivity index (χ0n) is 14.3. The van der Waals surface area contributed by atoms with Crippen LogP contribution in [0.4, 0.5) is 4.39 Å². The maximum Gasteiger partial charge on any atom is 0.215 e. The lowest BCUT2D eigenvalue weighted by molar-refractivity contribution is 0.580. The molecule has 0 spiro atoms. The second-order valence-corrected chi connectivity index (χ2v) is 8.70. The van der Waals surface area contributed by atoms with Gasteiger partial charge in [0.15, 0.2) is 0 Å². The van der Waals surface area contributed by atoms with Crippen molar-refractivity contribution < 1.29 is 12.8 Å². The summed E-state index contributed by atoms with van der Waals surface area (Å²) in [6, 6.07) is 13.6. The highest BCUT2D eigenvalue weighted by Crippen LogP contribution is 2.24. The highest BCUT2D eigenvalue weighted by molar-refractivity contribution is 7.88. The second-order valence-electron chi connectivity index (χ2n) is 6.04. The standard InChI is InChI=1S/C19H19FN2O2S2/c1-14-2-6-16(7-3-14)19-22-18(12-25-19)10-11-21-26(23,24)13-15-4-8-17(20)9-5-15/h2-9,12,21H,10-11,13H2,1H3. The number of nitrogens with zero attached hydrogens (tertiary/aromatic N) is 1. The smallest absolute Gasteiger partial charge is 0.215 e. The lowest BCUT2D eigenvalue weighted by atomic mass is 10.2. The Hall–Kier alpha value is -2.09. The Labute approximate surface area is 156 Å². The summed E-state index contributed by atoms with van der Waals surface area (Å²) in [7, 11) is -3.46. The minimum absolute atomic E-state index is 0.168. The van der Waals surface area contributed by atoms with Crippen LogP contribution in [0.1, 0.15) is 16.8 Å². The summed E-state index contributed by atoms with van der Waals surface area (Å²) in [5.74, 6) is -0.550. The first-order chi connectivity index (χ1) is 12.4. The van der Waals surface area contributed by atoms with Crippen LogP contribution >= 0.6 is 11.3 Å². The molecule has 3 aromatic rings. The van der Waals surface area contributed by atoms with Crippen molar-refractivity contribution in [3.05, 3.63) is 76.5 Å². The lowest BCUT2D eigenvalue weighted by Crippen LogP contribution is -2.27. The third-order valence-electron chi connectivity index (χ3n) is 3.82. The lowest BCUT2D eigenvalue weighted by Gasteiger charge is -2.06. The zero-order valence-corrected chi connectivity index (χ0v) is 15.9. The first-order valence-corrected chi connectivity index (χ1v) is 10.7. The van der Waals surface area contributed by atoms with Gasteiger partial charge in [0.1, 0.15) is 10.8 Å². The van der Waals surface area contributed by atoms with Gasteiger partial charge in [-0.2, -0.15) is 0 Å². The Balaban J connectivity index is 1.54. The van der Waals surface area contributed by atoms with Crippen LogP contribution in [0.3, 0.4) is 0 Å². The van der Waals surface area contributed by atoms with Gasteiger partial charge in [0.2, 0.25) is 10.0 Å². The number of benzene rings is 2. The van der Waals surface area contributed by atoms with Gasteiger partial charge in [-0.3, -0.25) is 0 Å². The molecule has 1 N–H and O–H groups in total. The summed E-state index contributed by atoms with van der Waals surface area (Å²) in [6.45, 7) is 2.32. The van der Waals surface area contributed by atoms with Crippen LogP contribution in [0.25, 0.3) is 10.6 Å². The van der Waals surface area contributed by atoms with Crippen molar-refractivity contribution in [1.82, 2.24) is 9.71 Å². The van der Waals surface area contributed by atoms with Crippen LogP contribution in [0.5, 0.6) is 0 Å². The van der Waals surface area contributed by atoms with Crippen LogP contribution in [-0.4, -0.2) is 19.9 Å². The van der Waals surface area contributed by atoms with E-state index in [2.05, 4.69) is 9.71 Å². The molecule has 4 nitrogen and oxygen atoms in total. The van der Waals surface area contributed by atoms with Gasteiger partial charge in [0, 0.05) is 23.9 Å². The Morgan fingerprint density at radius 3 is 2.46 bits per heavy atom. The summed E-state index contributed by atoms with van der Waals surface area (Å²) in [4.78, 5) is 4.57. The van der Waals surface area contributed by atoms with Gasteiger partial charge in [-0.25, -0.2) is 22.5 Å². The molecule has 0 aliphatic rings. The molecule has 26 heavy (non-hydrogen) atoms. The van der Waals surface area contributed by atoms with Crippen molar-refractivity contribution in [2.75, 3.05) is 6.54 Å². The molecule has 1 heterocycles. The second kappa shape index (κ2) is 8.07. The van der Waals surface area contributed by atoms with Crippen molar-refractivity contribution in [1.29, 1.82) is 0 Å². The Kier molecular flexibility index (Phi) is 5.80. The third-order valence-corrected chi connectivity index (χ3v) is 6.12. The van der Waals surface area contributed by atoms with E-state index in [1.807, 2.05) is 36.6 Å². The van der Waals surface area contributed by atoms with Crippen LogP contribution < -0.4 is 4.72 Å². The molecule has 0 aliphatic carbocycles. The number of aryl methyl sites for hydroxylation is 1. The molecule has 136 valence electrons. The molecule has 0 atom stereocenters. The predicted molar refractivity (Wildman–Crippen MR) is 103 cm³/mol. The Bertz CT molecular complexity index is 966. The van der Waals surface area contributed by atoms with E-state index in [0.29, 0.717) is 12.0 Å². The molecular formula is C19H19FN2O2S2. The SMILES string of the molecule is Cc1ccc(-c2nc(CCNS(=O)(=O)Cc3ccc(F)cc3)cs2)cc1. The van der Waals surface area contributed by atoms with E-state index < -0.39 is 10.0 Å². The van der Waals surface area contributed by atoms with Crippen molar-refractivity contribution in [3.63, 3.8) is 0 Å². The van der Waals surface area contributed by atoms with Crippen molar-refractivity contribution in [3.8, 4) is 10.6 Å². The van der Waals surface area contributed by atoms with Gasteiger partial charge < -0.3 is 0 Å². The quantitative estimate of drug-likeness (QED) is 0.665. The van der Waals surface area contributed by atoms with Gasteiger partial charge in [-0.05, 0) is 24.6 Å². The molecule has 1 aromatic heterocycles. The number of nitrogens with one attached hydrogen (secondary N) is 1. The number of rotatable bonds is 7. The summed E-state index contributed by atoms with van der Waals surface area (Å²) < 4.78 is 39.7. The van der Waals surface area contributed by atoms with E-state index in [4.69, 9.17) is 0 Å². The van der Waals surface area contributed by atoms with E-state index in [-0.39, 0.29) is 18.1 Å². The number of sulfonamides is 1. The Morgan fingerprint density at radius 1 is 1.08 bits per heavy atom. The third kappa shape index (κ3) is 5.20. The fraction of sp³-hybridized carbons (Fsp3) is 0.211. The molecule has 0 amide bonds. The van der Waals surface area contributed by atoms with Gasteiger partial charge in [-0.1, -0.05) is 42.0 Å². The van der Waals surface area contributed by atoms with E-state index in [1.54, 1.807) is 11.3 Å². The molecule has 0 saturated carbocycles. The molecule has 0 aliphatic heterocycles. The Morgan fingerprint density at radius 2 is 1.77 bits per heavy atom. The molecule has 7 heteroatoms. The molecule has 0 unspecified atom stereocenters. The van der Waals surface area contributed by atoms with E-state index in [9.17, 15) is 12.8 Å². The normalized spacial score (nSPS) is 11.6. The molecule has 0 radical (unpaired) electrons. The molecule has 0 fully saturated rings.